The lowest BCUT2D eigenvalue weighted by atomic mass is 10.1. The highest BCUT2D eigenvalue weighted by Gasteiger charge is 2.12. The highest BCUT2D eigenvalue weighted by molar-refractivity contribution is 7.11. The Morgan fingerprint density at radius 1 is 1.22 bits per heavy atom. The Kier molecular flexibility index (Phi) is 5.76. The van der Waals surface area contributed by atoms with Crippen molar-refractivity contribution in [3.8, 4) is 0 Å². The van der Waals surface area contributed by atoms with Gasteiger partial charge < -0.3 is 10.6 Å². The first-order valence-corrected chi connectivity index (χ1v) is 7.53. The molecule has 1 heterocycles. The van der Waals surface area contributed by atoms with Gasteiger partial charge in [0.25, 0.3) is 0 Å². The van der Waals surface area contributed by atoms with Crippen LogP contribution in [0.4, 0.5) is 0 Å². The molecule has 1 atom stereocenters. The van der Waals surface area contributed by atoms with Crippen LogP contribution in [0.1, 0.15) is 55.7 Å². The molecule has 1 unspecified atom stereocenters. The molecular formula is C14H27N3S. The molecule has 0 aliphatic heterocycles. The molecule has 18 heavy (non-hydrogen) atoms. The van der Waals surface area contributed by atoms with E-state index in [0.717, 1.165) is 24.5 Å². The van der Waals surface area contributed by atoms with Crippen LogP contribution >= 0.6 is 11.3 Å². The van der Waals surface area contributed by atoms with Crippen LogP contribution in [0.2, 0.25) is 0 Å². The molecule has 0 radical (unpaired) electrons. The molecule has 2 N–H and O–H groups in total. The maximum Gasteiger partial charge on any atom is 0.0900 e. The van der Waals surface area contributed by atoms with E-state index in [1.807, 2.05) is 0 Å². The quantitative estimate of drug-likeness (QED) is 0.779. The van der Waals surface area contributed by atoms with E-state index in [4.69, 9.17) is 0 Å². The largest absolute Gasteiger partial charge is 0.312 e. The van der Waals surface area contributed by atoms with Gasteiger partial charge in [-0.25, -0.2) is 4.98 Å². The highest BCUT2D eigenvalue weighted by atomic mass is 32.1. The Balaban J connectivity index is 2.26. The van der Waals surface area contributed by atoms with Gasteiger partial charge in [-0.1, -0.05) is 0 Å². The van der Waals surface area contributed by atoms with Gasteiger partial charge in [-0.2, -0.15) is 0 Å². The minimum atomic E-state index is 0.219. The van der Waals surface area contributed by atoms with Crippen molar-refractivity contribution < 1.29 is 0 Å². The number of aryl methyl sites for hydroxylation is 2. The van der Waals surface area contributed by atoms with Crippen LogP contribution in [-0.2, 0) is 0 Å². The predicted molar refractivity (Wildman–Crippen MR) is 80.4 cm³/mol. The first kappa shape index (κ1) is 15.6. The normalized spacial score (nSPS) is 13.9. The summed E-state index contributed by atoms with van der Waals surface area (Å²) in [7, 11) is 0. The molecule has 1 aromatic rings. The van der Waals surface area contributed by atoms with E-state index >= 15 is 0 Å². The summed E-state index contributed by atoms with van der Waals surface area (Å²) in [6, 6.07) is 0.408. The van der Waals surface area contributed by atoms with E-state index in [1.54, 1.807) is 11.3 Å². The lowest BCUT2D eigenvalue weighted by Crippen LogP contribution is -2.37. The fourth-order valence-corrected chi connectivity index (χ4v) is 2.87. The second-order valence-electron chi connectivity index (χ2n) is 5.89. The van der Waals surface area contributed by atoms with Crippen molar-refractivity contribution in [2.45, 2.75) is 59.5 Å². The number of thiazole rings is 1. The summed E-state index contributed by atoms with van der Waals surface area (Å²) in [5, 5.41) is 8.23. The van der Waals surface area contributed by atoms with Crippen LogP contribution in [0.5, 0.6) is 0 Å². The van der Waals surface area contributed by atoms with E-state index in [9.17, 15) is 0 Å². The van der Waals surface area contributed by atoms with Crippen molar-refractivity contribution in [3.05, 3.63) is 15.6 Å². The lowest BCUT2D eigenvalue weighted by Gasteiger charge is -2.21. The second kappa shape index (κ2) is 6.64. The van der Waals surface area contributed by atoms with Crippen LogP contribution < -0.4 is 10.6 Å². The van der Waals surface area contributed by atoms with Gasteiger partial charge in [0.1, 0.15) is 0 Å². The van der Waals surface area contributed by atoms with Gasteiger partial charge in [0.05, 0.1) is 10.7 Å². The first-order valence-electron chi connectivity index (χ1n) is 6.72. The molecule has 0 bridgehead atoms. The van der Waals surface area contributed by atoms with Gasteiger partial charge in [0, 0.05) is 16.5 Å². The molecule has 0 saturated carbocycles. The van der Waals surface area contributed by atoms with Crippen LogP contribution in [0.3, 0.4) is 0 Å². The van der Waals surface area contributed by atoms with Gasteiger partial charge in [-0.3, -0.25) is 0 Å². The fraction of sp³-hybridized carbons (Fsp3) is 0.786. The molecule has 0 aliphatic carbocycles. The summed E-state index contributed by atoms with van der Waals surface area (Å²) in [5.74, 6) is 0. The lowest BCUT2D eigenvalue weighted by molar-refractivity contribution is 0.415. The van der Waals surface area contributed by atoms with E-state index in [0.29, 0.717) is 6.04 Å². The van der Waals surface area contributed by atoms with Gasteiger partial charge in [0.2, 0.25) is 0 Å². The average Bonchev–Trinajstić information content (AvgIpc) is 2.55. The molecule has 1 aromatic heterocycles. The zero-order valence-corrected chi connectivity index (χ0v) is 13.4. The number of nitrogens with one attached hydrogen (secondary N) is 2. The van der Waals surface area contributed by atoms with Crippen molar-refractivity contribution in [2.24, 2.45) is 0 Å². The van der Waals surface area contributed by atoms with Crippen LogP contribution in [0, 0.1) is 13.8 Å². The summed E-state index contributed by atoms with van der Waals surface area (Å²) in [4.78, 5) is 5.85. The van der Waals surface area contributed by atoms with Gasteiger partial charge in [-0.05, 0) is 61.1 Å². The fourth-order valence-electron chi connectivity index (χ4n) is 1.91. The molecule has 3 nitrogen and oxygen atoms in total. The second-order valence-corrected chi connectivity index (χ2v) is 7.12. The minimum absolute atomic E-state index is 0.219. The molecule has 0 saturated heterocycles. The Morgan fingerprint density at radius 3 is 2.39 bits per heavy atom. The molecule has 0 fully saturated rings. The maximum absolute atomic E-state index is 4.48. The summed E-state index contributed by atoms with van der Waals surface area (Å²) in [6.07, 6.45) is 1.15. The number of nitrogens with zero attached hydrogens (tertiary/aromatic N) is 1. The topological polar surface area (TPSA) is 37.0 Å². The number of rotatable bonds is 6. The van der Waals surface area contributed by atoms with Crippen LogP contribution in [0.15, 0.2) is 0 Å². The highest BCUT2D eigenvalue weighted by Crippen LogP contribution is 2.24. The van der Waals surface area contributed by atoms with Crippen LogP contribution in [-0.4, -0.2) is 23.6 Å². The van der Waals surface area contributed by atoms with Crippen molar-refractivity contribution in [1.82, 2.24) is 15.6 Å². The molecule has 104 valence electrons. The first-order chi connectivity index (χ1) is 8.29. The Hall–Kier alpha value is -0.450. The number of hydrogen-bond acceptors (Lipinski definition) is 4. The Morgan fingerprint density at radius 2 is 1.89 bits per heavy atom. The minimum Gasteiger partial charge on any atom is -0.312 e. The van der Waals surface area contributed by atoms with E-state index in [1.165, 1.54) is 10.6 Å². The zero-order valence-electron chi connectivity index (χ0n) is 12.6. The summed E-state index contributed by atoms with van der Waals surface area (Å²) in [5.41, 5.74) is 1.39. The molecule has 0 aliphatic rings. The third-order valence-electron chi connectivity index (χ3n) is 2.79. The van der Waals surface area contributed by atoms with E-state index in [2.05, 4.69) is 57.2 Å². The molecule has 4 heteroatoms. The standard InChI is InChI=1S/C14H27N3S/c1-10(13-11(2)17-12(3)18-13)15-8-7-9-16-14(4,5)6/h10,15-16H,7-9H2,1-6H3. The smallest absolute Gasteiger partial charge is 0.0900 e. The van der Waals surface area contributed by atoms with Gasteiger partial charge in [0.15, 0.2) is 0 Å². The summed E-state index contributed by atoms with van der Waals surface area (Å²) < 4.78 is 0. The molecule has 0 spiro atoms. The van der Waals surface area contributed by atoms with Crippen molar-refractivity contribution >= 4 is 11.3 Å². The number of hydrogen-bond donors (Lipinski definition) is 2. The van der Waals surface area contributed by atoms with E-state index in [-0.39, 0.29) is 5.54 Å². The number of aromatic nitrogens is 1. The summed E-state index contributed by atoms with van der Waals surface area (Å²) >= 11 is 1.80. The Labute approximate surface area is 115 Å². The SMILES string of the molecule is Cc1nc(C)c(C(C)NCCCNC(C)(C)C)s1. The predicted octanol–water partition coefficient (Wildman–Crippen LogP) is 3.19. The molecule has 1 rings (SSSR count). The van der Waals surface area contributed by atoms with Gasteiger partial charge in [-0.15, -0.1) is 11.3 Å². The zero-order chi connectivity index (χ0) is 13.8. The van der Waals surface area contributed by atoms with Crippen molar-refractivity contribution in [2.75, 3.05) is 13.1 Å². The molecule has 0 amide bonds. The van der Waals surface area contributed by atoms with Crippen LogP contribution in [0.25, 0.3) is 0 Å². The summed E-state index contributed by atoms with van der Waals surface area (Å²) in [6.45, 7) is 15.1. The molecular weight excluding hydrogens is 242 g/mol. The maximum atomic E-state index is 4.48. The third-order valence-corrected chi connectivity index (χ3v) is 4.05. The molecule has 0 aromatic carbocycles. The van der Waals surface area contributed by atoms with Crippen molar-refractivity contribution in [3.63, 3.8) is 0 Å². The third kappa shape index (κ3) is 5.46. The van der Waals surface area contributed by atoms with E-state index < -0.39 is 0 Å². The van der Waals surface area contributed by atoms with Gasteiger partial charge >= 0.3 is 0 Å². The average molecular weight is 269 g/mol. The van der Waals surface area contributed by atoms with Crippen molar-refractivity contribution in [1.29, 1.82) is 0 Å². The Bertz CT molecular complexity index is 366. The monoisotopic (exact) mass is 269 g/mol.